The van der Waals surface area contributed by atoms with Crippen molar-refractivity contribution in [1.82, 2.24) is 9.97 Å². The molecule has 3 aromatic rings. The maximum Gasteiger partial charge on any atom is 0.338 e. The van der Waals surface area contributed by atoms with Gasteiger partial charge in [-0.3, -0.25) is 14.8 Å². The number of ketones is 1. The lowest BCUT2D eigenvalue weighted by Crippen LogP contribution is -2.24. The molecule has 6 nitrogen and oxygen atoms in total. The minimum Gasteiger partial charge on any atom is -0.494 e. The quantitative estimate of drug-likeness (QED) is 0.500. The summed E-state index contributed by atoms with van der Waals surface area (Å²) in [6, 6.07) is 11.6. The third-order valence-electron chi connectivity index (χ3n) is 3.81. The number of carbonyl (C=O) groups is 2. The highest BCUT2D eigenvalue weighted by atomic mass is 16.5. The van der Waals surface area contributed by atoms with E-state index in [-0.39, 0.29) is 5.78 Å². The van der Waals surface area contributed by atoms with Gasteiger partial charge in [-0.15, -0.1) is 0 Å². The summed E-state index contributed by atoms with van der Waals surface area (Å²) in [6.07, 6.45) is 2.23. The zero-order valence-corrected chi connectivity index (χ0v) is 14.5. The van der Waals surface area contributed by atoms with E-state index < -0.39 is 12.1 Å². The minimum atomic E-state index is -0.905. The van der Waals surface area contributed by atoms with E-state index in [1.807, 2.05) is 6.92 Å². The number of hydrogen-bond acceptors (Lipinski definition) is 6. The lowest BCUT2D eigenvalue weighted by atomic mass is 10.1. The van der Waals surface area contributed by atoms with Crippen LogP contribution in [0, 0.1) is 0 Å². The SMILES string of the molecule is CCOc1ccc(C(=O)[C@@H](C)OC(=O)c2ccc3nccnc3c2)cc1. The van der Waals surface area contributed by atoms with Gasteiger partial charge in [0.1, 0.15) is 5.75 Å². The summed E-state index contributed by atoms with van der Waals surface area (Å²) in [7, 11) is 0. The van der Waals surface area contributed by atoms with Crippen LogP contribution in [0.4, 0.5) is 0 Å². The monoisotopic (exact) mass is 350 g/mol. The largest absolute Gasteiger partial charge is 0.494 e. The van der Waals surface area contributed by atoms with Gasteiger partial charge in [0.2, 0.25) is 5.78 Å². The Balaban J connectivity index is 1.70. The van der Waals surface area contributed by atoms with Crippen molar-refractivity contribution in [3.8, 4) is 5.75 Å². The minimum absolute atomic E-state index is 0.276. The van der Waals surface area contributed by atoms with E-state index in [2.05, 4.69) is 9.97 Å². The smallest absolute Gasteiger partial charge is 0.338 e. The molecule has 132 valence electrons. The van der Waals surface area contributed by atoms with Gasteiger partial charge in [0, 0.05) is 18.0 Å². The highest BCUT2D eigenvalue weighted by Crippen LogP contribution is 2.16. The van der Waals surface area contributed by atoms with Crippen LogP contribution in [0.5, 0.6) is 5.75 Å². The Morgan fingerprint density at radius 1 is 0.962 bits per heavy atom. The van der Waals surface area contributed by atoms with Crippen molar-refractivity contribution in [1.29, 1.82) is 0 Å². The summed E-state index contributed by atoms with van der Waals surface area (Å²) >= 11 is 0. The Kier molecular flexibility index (Phi) is 5.22. The molecule has 0 radical (unpaired) electrons. The average Bonchev–Trinajstić information content (AvgIpc) is 2.67. The first-order chi connectivity index (χ1) is 12.6. The first kappa shape index (κ1) is 17.5. The predicted molar refractivity (Wildman–Crippen MR) is 96.4 cm³/mol. The van der Waals surface area contributed by atoms with Crippen LogP contribution in [0.25, 0.3) is 11.0 Å². The Hall–Kier alpha value is -3.28. The summed E-state index contributed by atoms with van der Waals surface area (Å²) in [5, 5.41) is 0. The number of Topliss-reactive ketones (excluding diaryl/α,β-unsaturated/α-hetero) is 1. The van der Waals surface area contributed by atoms with Crippen LogP contribution >= 0.6 is 0 Å². The molecule has 0 saturated carbocycles. The average molecular weight is 350 g/mol. The van der Waals surface area contributed by atoms with Gasteiger partial charge >= 0.3 is 5.97 Å². The second-order valence-electron chi connectivity index (χ2n) is 5.63. The first-order valence-corrected chi connectivity index (χ1v) is 8.27. The molecule has 0 aliphatic rings. The molecule has 0 N–H and O–H groups in total. The van der Waals surface area contributed by atoms with Crippen molar-refractivity contribution in [3.63, 3.8) is 0 Å². The fourth-order valence-corrected chi connectivity index (χ4v) is 2.49. The Bertz CT molecular complexity index is 938. The van der Waals surface area contributed by atoms with E-state index in [0.29, 0.717) is 34.5 Å². The Morgan fingerprint density at radius 2 is 1.62 bits per heavy atom. The normalized spacial score (nSPS) is 11.8. The van der Waals surface area contributed by atoms with E-state index in [1.165, 1.54) is 0 Å². The Morgan fingerprint density at radius 3 is 2.31 bits per heavy atom. The molecule has 0 aliphatic heterocycles. The zero-order valence-electron chi connectivity index (χ0n) is 14.5. The number of nitrogens with zero attached hydrogens (tertiary/aromatic N) is 2. The topological polar surface area (TPSA) is 78.4 Å². The number of fused-ring (bicyclic) bond motifs is 1. The second kappa shape index (κ2) is 7.74. The molecule has 2 aromatic carbocycles. The van der Waals surface area contributed by atoms with E-state index >= 15 is 0 Å². The van der Waals surface area contributed by atoms with E-state index in [4.69, 9.17) is 9.47 Å². The molecular weight excluding hydrogens is 332 g/mol. The summed E-state index contributed by atoms with van der Waals surface area (Å²) in [5.74, 6) is -0.169. The summed E-state index contributed by atoms with van der Waals surface area (Å²) in [5.41, 5.74) is 2.05. The third kappa shape index (κ3) is 3.85. The van der Waals surface area contributed by atoms with Crippen molar-refractivity contribution in [2.45, 2.75) is 20.0 Å². The lowest BCUT2D eigenvalue weighted by Gasteiger charge is -2.13. The van der Waals surface area contributed by atoms with Gasteiger partial charge in [-0.05, 0) is 56.3 Å². The second-order valence-corrected chi connectivity index (χ2v) is 5.63. The summed E-state index contributed by atoms with van der Waals surface area (Å²) < 4.78 is 10.7. The number of benzene rings is 2. The number of ether oxygens (including phenoxy) is 2. The molecule has 1 atom stereocenters. The van der Waals surface area contributed by atoms with Crippen LogP contribution in [0.1, 0.15) is 34.6 Å². The van der Waals surface area contributed by atoms with E-state index in [0.717, 1.165) is 0 Å². The van der Waals surface area contributed by atoms with Gasteiger partial charge in [0.05, 0.1) is 23.2 Å². The number of aromatic nitrogens is 2. The summed E-state index contributed by atoms with van der Waals surface area (Å²) in [6.45, 7) is 3.99. The fourth-order valence-electron chi connectivity index (χ4n) is 2.49. The van der Waals surface area contributed by atoms with Crippen molar-refractivity contribution >= 4 is 22.8 Å². The maximum absolute atomic E-state index is 12.5. The Labute approximate surface area is 150 Å². The third-order valence-corrected chi connectivity index (χ3v) is 3.81. The molecule has 26 heavy (non-hydrogen) atoms. The molecule has 3 rings (SSSR count). The van der Waals surface area contributed by atoms with Crippen LogP contribution in [0.15, 0.2) is 54.9 Å². The number of hydrogen-bond donors (Lipinski definition) is 0. The van der Waals surface area contributed by atoms with E-state index in [9.17, 15) is 9.59 Å². The fraction of sp³-hybridized carbons (Fsp3) is 0.200. The molecule has 0 bridgehead atoms. The molecular formula is C20H18N2O4. The molecule has 6 heteroatoms. The van der Waals surface area contributed by atoms with Crippen molar-refractivity contribution in [2.75, 3.05) is 6.61 Å². The van der Waals surface area contributed by atoms with Crippen molar-refractivity contribution < 1.29 is 19.1 Å². The highest BCUT2D eigenvalue weighted by molar-refractivity contribution is 6.02. The molecule has 0 spiro atoms. The molecule has 1 heterocycles. The first-order valence-electron chi connectivity index (χ1n) is 8.27. The molecule has 0 saturated heterocycles. The number of carbonyl (C=O) groups excluding carboxylic acids is 2. The highest BCUT2D eigenvalue weighted by Gasteiger charge is 2.20. The predicted octanol–water partition coefficient (Wildman–Crippen LogP) is 3.46. The van der Waals surface area contributed by atoms with Gasteiger partial charge in [-0.25, -0.2) is 4.79 Å². The molecule has 0 fully saturated rings. The van der Waals surface area contributed by atoms with Gasteiger partial charge in [0.25, 0.3) is 0 Å². The van der Waals surface area contributed by atoms with Gasteiger partial charge in [-0.2, -0.15) is 0 Å². The van der Waals surface area contributed by atoms with Crippen LogP contribution in [0.3, 0.4) is 0 Å². The number of esters is 1. The van der Waals surface area contributed by atoms with Crippen molar-refractivity contribution in [3.05, 3.63) is 66.0 Å². The lowest BCUT2D eigenvalue weighted by molar-refractivity contribution is 0.0319. The van der Waals surface area contributed by atoms with Crippen molar-refractivity contribution in [2.24, 2.45) is 0 Å². The zero-order chi connectivity index (χ0) is 18.5. The maximum atomic E-state index is 12.5. The van der Waals surface area contributed by atoms with Crippen LogP contribution in [0.2, 0.25) is 0 Å². The van der Waals surface area contributed by atoms with Crippen LogP contribution in [-0.2, 0) is 4.74 Å². The van der Waals surface area contributed by atoms with Crippen LogP contribution in [-0.4, -0.2) is 34.4 Å². The van der Waals surface area contributed by atoms with Gasteiger partial charge < -0.3 is 9.47 Å². The van der Waals surface area contributed by atoms with Gasteiger partial charge in [0.15, 0.2) is 6.10 Å². The van der Waals surface area contributed by atoms with E-state index in [1.54, 1.807) is 61.8 Å². The molecule has 0 amide bonds. The van der Waals surface area contributed by atoms with Gasteiger partial charge in [-0.1, -0.05) is 0 Å². The molecule has 1 aromatic heterocycles. The molecule has 0 aliphatic carbocycles. The number of rotatable bonds is 6. The standard InChI is InChI=1S/C20H18N2O4/c1-3-25-16-7-4-14(5-8-16)19(23)13(2)26-20(24)15-6-9-17-18(12-15)22-11-10-21-17/h4-13H,3H2,1-2H3/t13-/m1/s1. The summed E-state index contributed by atoms with van der Waals surface area (Å²) in [4.78, 5) is 33.1. The van der Waals surface area contributed by atoms with Crippen LogP contribution < -0.4 is 4.74 Å². The molecule has 0 unspecified atom stereocenters.